The number of rotatable bonds is 2. The molecule has 0 unspecified atom stereocenters. The third-order valence-electron chi connectivity index (χ3n) is 1.16. The third-order valence-corrected chi connectivity index (χ3v) is 1.16. The first-order valence-electron chi connectivity index (χ1n) is 3.10. The highest BCUT2D eigenvalue weighted by Gasteiger charge is 1.91. The summed E-state index contributed by atoms with van der Waals surface area (Å²) in [6.07, 6.45) is 3.13. The fourth-order valence-electron chi connectivity index (χ4n) is 0.775. The summed E-state index contributed by atoms with van der Waals surface area (Å²) >= 11 is 0. The minimum atomic E-state index is 0.216. The zero-order valence-corrected chi connectivity index (χ0v) is 5.83. The number of hydrogen-bond donors (Lipinski definition) is 2. The van der Waals surface area contributed by atoms with Crippen molar-refractivity contribution < 1.29 is 5.11 Å². The first-order chi connectivity index (χ1) is 4.83. The largest absolute Gasteiger partial charge is 0.506 e. The van der Waals surface area contributed by atoms with Crippen LogP contribution in [-0.4, -0.2) is 17.1 Å². The molecule has 3 heteroatoms. The fraction of sp³-hybridized carbons (Fsp3) is 0.286. The van der Waals surface area contributed by atoms with Crippen LogP contribution in [0.2, 0.25) is 0 Å². The Kier molecular flexibility index (Phi) is 2.23. The van der Waals surface area contributed by atoms with Gasteiger partial charge in [-0.1, -0.05) is 0 Å². The Bertz CT molecular complexity index is 213. The summed E-state index contributed by atoms with van der Waals surface area (Å²) in [6.45, 7) is 0.738. The molecule has 0 bridgehead atoms. The van der Waals surface area contributed by atoms with E-state index < -0.39 is 0 Å². The van der Waals surface area contributed by atoms with Gasteiger partial charge in [0.15, 0.2) is 0 Å². The molecule has 0 aliphatic rings. The van der Waals surface area contributed by atoms with Gasteiger partial charge in [0.2, 0.25) is 0 Å². The molecule has 3 nitrogen and oxygen atoms in total. The molecule has 1 aromatic heterocycles. The molecule has 0 saturated carbocycles. The molecule has 0 atom stereocenters. The lowest BCUT2D eigenvalue weighted by Gasteiger charge is -1.97. The van der Waals surface area contributed by atoms with E-state index in [0.29, 0.717) is 0 Å². The molecule has 1 heterocycles. The molecule has 0 radical (unpaired) electrons. The lowest BCUT2D eigenvalue weighted by molar-refractivity contribution is 0.471. The molecule has 0 saturated heterocycles. The molecular weight excluding hydrogens is 128 g/mol. The van der Waals surface area contributed by atoms with Crippen molar-refractivity contribution in [2.75, 3.05) is 7.05 Å². The summed E-state index contributed by atoms with van der Waals surface area (Å²) in [6, 6.07) is 1.68. The van der Waals surface area contributed by atoms with Gasteiger partial charge in [-0.2, -0.15) is 0 Å². The molecule has 0 aliphatic carbocycles. The second-order valence-electron chi connectivity index (χ2n) is 2.08. The van der Waals surface area contributed by atoms with Crippen LogP contribution in [0.15, 0.2) is 18.5 Å². The molecule has 54 valence electrons. The second kappa shape index (κ2) is 3.17. The molecule has 0 aromatic carbocycles. The van der Waals surface area contributed by atoms with E-state index in [1.165, 1.54) is 6.20 Å². The highest BCUT2D eigenvalue weighted by Crippen LogP contribution is 2.07. The van der Waals surface area contributed by atoms with Crippen molar-refractivity contribution in [1.82, 2.24) is 10.3 Å². The monoisotopic (exact) mass is 138 g/mol. The predicted molar refractivity (Wildman–Crippen MR) is 38.7 cm³/mol. The van der Waals surface area contributed by atoms with Gasteiger partial charge in [-0.15, -0.1) is 0 Å². The topological polar surface area (TPSA) is 45.2 Å². The van der Waals surface area contributed by atoms with E-state index in [4.69, 9.17) is 5.11 Å². The minimum absolute atomic E-state index is 0.216. The van der Waals surface area contributed by atoms with Gasteiger partial charge in [0.05, 0.1) is 6.20 Å². The molecule has 1 rings (SSSR count). The number of pyridine rings is 1. The van der Waals surface area contributed by atoms with E-state index in [1.54, 1.807) is 12.3 Å². The van der Waals surface area contributed by atoms with Crippen molar-refractivity contribution in [3.05, 3.63) is 24.0 Å². The molecule has 2 N–H and O–H groups in total. The van der Waals surface area contributed by atoms with Crippen molar-refractivity contribution in [2.45, 2.75) is 6.54 Å². The molecule has 0 amide bonds. The Balaban J connectivity index is 2.75. The normalized spacial score (nSPS) is 9.70. The highest BCUT2D eigenvalue weighted by molar-refractivity contribution is 5.21. The quantitative estimate of drug-likeness (QED) is 0.625. The Morgan fingerprint density at radius 3 is 3.00 bits per heavy atom. The lowest BCUT2D eigenvalue weighted by Crippen LogP contribution is -2.04. The molecule has 0 fully saturated rings. The molecule has 10 heavy (non-hydrogen) atoms. The number of nitrogens with one attached hydrogen (secondary N) is 1. The zero-order valence-electron chi connectivity index (χ0n) is 5.83. The van der Waals surface area contributed by atoms with Gasteiger partial charge in [0.25, 0.3) is 0 Å². The average Bonchev–Trinajstić information content (AvgIpc) is 1.88. The van der Waals surface area contributed by atoms with Crippen molar-refractivity contribution in [2.24, 2.45) is 0 Å². The van der Waals surface area contributed by atoms with Gasteiger partial charge in [-0.25, -0.2) is 0 Å². The van der Waals surface area contributed by atoms with Crippen LogP contribution in [0.3, 0.4) is 0 Å². The Hall–Kier alpha value is -1.09. The van der Waals surface area contributed by atoms with E-state index in [1.807, 2.05) is 7.05 Å². The number of nitrogens with zero attached hydrogens (tertiary/aromatic N) is 1. The predicted octanol–water partition coefficient (Wildman–Crippen LogP) is 0.507. The minimum Gasteiger partial charge on any atom is -0.506 e. The smallest absolute Gasteiger partial charge is 0.134 e. The summed E-state index contributed by atoms with van der Waals surface area (Å²) in [5, 5.41) is 11.9. The highest BCUT2D eigenvalue weighted by atomic mass is 16.3. The maximum Gasteiger partial charge on any atom is 0.134 e. The van der Waals surface area contributed by atoms with E-state index in [0.717, 1.165) is 12.1 Å². The molecule has 0 spiro atoms. The number of aromatic nitrogens is 1. The van der Waals surface area contributed by atoms with E-state index in [9.17, 15) is 0 Å². The molecular formula is C7H10N2O. The summed E-state index contributed by atoms with van der Waals surface area (Å²) in [4.78, 5) is 3.81. The first-order valence-corrected chi connectivity index (χ1v) is 3.10. The maximum atomic E-state index is 8.95. The Morgan fingerprint density at radius 2 is 2.40 bits per heavy atom. The van der Waals surface area contributed by atoms with Gasteiger partial charge in [0, 0.05) is 12.7 Å². The standard InChI is InChI=1S/C7H10N2O/c1-8-3-6-2-7(10)5-9-4-6/h2,4-5,8,10H,3H2,1H3. The van der Waals surface area contributed by atoms with Crippen molar-refractivity contribution in [1.29, 1.82) is 0 Å². The van der Waals surface area contributed by atoms with Crippen LogP contribution in [0.5, 0.6) is 5.75 Å². The van der Waals surface area contributed by atoms with Crippen LogP contribution in [-0.2, 0) is 6.54 Å². The summed E-state index contributed by atoms with van der Waals surface area (Å²) in [5.41, 5.74) is 0.988. The van der Waals surface area contributed by atoms with Gasteiger partial charge in [0.1, 0.15) is 5.75 Å². The van der Waals surface area contributed by atoms with Crippen molar-refractivity contribution in [3.8, 4) is 5.75 Å². The van der Waals surface area contributed by atoms with Crippen molar-refractivity contribution >= 4 is 0 Å². The van der Waals surface area contributed by atoms with Crippen LogP contribution in [0.4, 0.5) is 0 Å². The SMILES string of the molecule is CNCc1cncc(O)c1. The van der Waals surface area contributed by atoms with Crippen LogP contribution in [0, 0.1) is 0 Å². The maximum absolute atomic E-state index is 8.95. The molecule has 0 aliphatic heterocycles. The van der Waals surface area contributed by atoms with Gasteiger partial charge >= 0.3 is 0 Å². The summed E-state index contributed by atoms with van der Waals surface area (Å²) < 4.78 is 0. The molecule has 1 aromatic rings. The van der Waals surface area contributed by atoms with Crippen LogP contribution in [0.25, 0.3) is 0 Å². The second-order valence-corrected chi connectivity index (χ2v) is 2.08. The van der Waals surface area contributed by atoms with E-state index in [2.05, 4.69) is 10.3 Å². The zero-order chi connectivity index (χ0) is 7.40. The van der Waals surface area contributed by atoms with E-state index >= 15 is 0 Å². The van der Waals surface area contributed by atoms with Gasteiger partial charge in [-0.05, 0) is 18.7 Å². The summed E-state index contributed by atoms with van der Waals surface area (Å²) in [7, 11) is 1.85. The average molecular weight is 138 g/mol. The van der Waals surface area contributed by atoms with E-state index in [-0.39, 0.29) is 5.75 Å². The van der Waals surface area contributed by atoms with Gasteiger partial charge in [-0.3, -0.25) is 4.98 Å². The third kappa shape index (κ3) is 1.70. The fourth-order valence-corrected chi connectivity index (χ4v) is 0.775. The Labute approximate surface area is 59.7 Å². The first kappa shape index (κ1) is 7.02. The Morgan fingerprint density at radius 1 is 1.60 bits per heavy atom. The lowest BCUT2D eigenvalue weighted by atomic mass is 10.3. The van der Waals surface area contributed by atoms with Crippen molar-refractivity contribution in [3.63, 3.8) is 0 Å². The number of hydrogen-bond acceptors (Lipinski definition) is 3. The van der Waals surface area contributed by atoms with Crippen LogP contribution < -0.4 is 5.32 Å². The van der Waals surface area contributed by atoms with Gasteiger partial charge < -0.3 is 10.4 Å². The van der Waals surface area contributed by atoms with Crippen LogP contribution in [0.1, 0.15) is 5.56 Å². The number of aromatic hydroxyl groups is 1. The summed E-state index contributed by atoms with van der Waals surface area (Å²) in [5.74, 6) is 0.216. The van der Waals surface area contributed by atoms with Crippen LogP contribution >= 0.6 is 0 Å².